The number of rotatable bonds is 5. The van der Waals surface area contributed by atoms with Crippen LogP contribution in [0, 0.1) is 0 Å². The Labute approximate surface area is 80.8 Å². The van der Waals surface area contributed by atoms with Crippen LogP contribution in [-0.2, 0) is 9.47 Å². The summed E-state index contributed by atoms with van der Waals surface area (Å²) in [7, 11) is 0. The predicted molar refractivity (Wildman–Crippen MR) is 51.8 cm³/mol. The van der Waals surface area contributed by atoms with Crippen LogP contribution in [0.5, 0.6) is 0 Å². The number of alkyl halides is 1. The van der Waals surface area contributed by atoms with E-state index in [2.05, 4.69) is 22.6 Å². The zero-order valence-corrected chi connectivity index (χ0v) is 8.62. The van der Waals surface area contributed by atoms with Crippen LogP contribution in [0.25, 0.3) is 0 Å². The molecule has 4 heteroatoms. The van der Waals surface area contributed by atoms with Gasteiger partial charge in [-0.25, -0.2) is 0 Å². The van der Waals surface area contributed by atoms with Crippen molar-refractivity contribution in [1.29, 1.82) is 0 Å². The first-order valence-corrected chi connectivity index (χ1v) is 5.36. The molecule has 0 aromatic heterocycles. The maximum Gasteiger partial charge on any atom is 0.0980 e. The van der Waals surface area contributed by atoms with Gasteiger partial charge in [-0.05, 0) is 12.8 Å². The smallest absolute Gasteiger partial charge is 0.0980 e. The van der Waals surface area contributed by atoms with Crippen LogP contribution >= 0.6 is 22.6 Å². The maximum atomic E-state index is 5.59. The molecule has 0 heterocycles. The summed E-state index contributed by atoms with van der Waals surface area (Å²) in [5, 5.41) is 0. The lowest BCUT2D eigenvalue weighted by molar-refractivity contribution is -0.0300. The zero-order valence-electron chi connectivity index (χ0n) is 6.46. The molecule has 66 valence electrons. The highest BCUT2D eigenvalue weighted by Gasteiger charge is 2.25. The largest absolute Gasteiger partial charge is 0.376 e. The minimum atomic E-state index is 0.380. The number of hydrogen-bond acceptors (Lipinski definition) is 3. The van der Waals surface area contributed by atoms with E-state index in [4.69, 9.17) is 15.2 Å². The molecule has 0 bridgehead atoms. The van der Waals surface area contributed by atoms with Crippen molar-refractivity contribution in [2.24, 2.45) is 5.73 Å². The molecule has 1 aliphatic carbocycles. The average Bonchev–Trinajstić information content (AvgIpc) is 1.94. The second kappa shape index (κ2) is 5.29. The molecule has 0 saturated heterocycles. The van der Waals surface area contributed by atoms with E-state index < -0.39 is 0 Å². The first-order chi connectivity index (χ1) is 5.33. The lowest BCUT2D eigenvalue weighted by Crippen LogP contribution is -2.42. The van der Waals surface area contributed by atoms with Crippen molar-refractivity contribution in [2.45, 2.75) is 25.0 Å². The third kappa shape index (κ3) is 3.68. The highest BCUT2D eigenvalue weighted by Crippen LogP contribution is 2.20. The van der Waals surface area contributed by atoms with E-state index in [0.717, 1.165) is 17.5 Å². The van der Waals surface area contributed by atoms with Gasteiger partial charge in [0.1, 0.15) is 0 Å². The third-order valence-electron chi connectivity index (χ3n) is 1.79. The van der Waals surface area contributed by atoms with Gasteiger partial charge in [0.2, 0.25) is 0 Å². The molecule has 1 aliphatic rings. The van der Waals surface area contributed by atoms with E-state index in [1.807, 2.05) is 0 Å². The summed E-state index contributed by atoms with van der Waals surface area (Å²) < 4.78 is 11.3. The van der Waals surface area contributed by atoms with Crippen LogP contribution in [0.1, 0.15) is 12.8 Å². The van der Waals surface area contributed by atoms with Gasteiger partial charge in [-0.15, -0.1) is 0 Å². The molecule has 0 aromatic rings. The van der Waals surface area contributed by atoms with Crippen LogP contribution in [0.2, 0.25) is 0 Å². The van der Waals surface area contributed by atoms with Gasteiger partial charge in [0, 0.05) is 6.04 Å². The SMILES string of the molecule is NC1CC(OCCOCI)C1. The van der Waals surface area contributed by atoms with E-state index in [1.165, 1.54) is 0 Å². The number of halogens is 1. The zero-order chi connectivity index (χ0) is 8.10. The molecule has 11 heavy (non-hydrogen) atoms. The van der Waals surface area contributed by atoms with Gasteiger partial charge in [-0.3, -0.25) is 0 Å². The predicted octanol–water partition coefficient (Wildman–Crippen LogP) is 0.902. The van der Waals surface area contributed by atoms with Crippen LogP contribution in [0.4, 0.5) is 0 Å². The lowest BCUT2D eigenvalue weighted by atomic mass is 9.90. The Kier molecular flexibility index (Phi) is 4.66. The second-order valence-electron chi connectivity index (χ2n) is 2.74. The van der Waals surface area contributed by atoms with Gasteiger partial charge in [0.05, 0.1) is 23.9 Å². The van der Waals surface area contributed by atoms with E-state index in [9.17, 15) is 0 Å². The monoisotopic (exact) mass is 271 g/mol. The van der Waals surface area contributed by atoms with Gasteiger partial charge in [0.15, 0.2) is 0 Å². The van der Waals surface area contributed by atoms with Gasteiger partial charge in [-0.2, -0.15) is 0 Å². The summed E-state index contributed by atoms with van der Waals surface area (Å²) in [5.41, 5.74) is 5.59. The Morgan fingerprint density at radius 1 is 1.36 bits per heavy atom. The number of nitrogens with two attached hydrogens (primary N) is 1. The molecule has 2 N–H and O–H groups in total. The molecule has 0 radical (unpaired) electrons. The Balaban J connectivity index is 1.81. The fourth-order valence-electron chi connectivity index (χ4n) is 1.07. The van der Waals surface area contributed by atoms with Gasteiger partial charge in [-0.1, -0.05) is 22.6 Å². The van der Waals surface area contributed by atoms with E-state index in [1.54, 1.807) is 0 Å². The molecule has 1 saturated carbocycles. The topological polar surface area (TPSA) is 44.5 Å². The maximum absolute atomic E-state index is 5.59. The minimum Gasteiger partial charge on any atom is -0.376 e. The van der Waals surface area contributed by atoms with Crippen molar-refractivity contribution in [3.8, 4) is 0 Å². The molecule has 1 fully saturated rings. The Morgan fingerprint density at radius 3 is 2.64 bits per heavy atom. The lowest BCUT2D eigenvalue weighted by Gasteiger charge is -2.32. The summed E-state index contributed by atoms with van der Waals surface area (Å²) in [6, 6.07) is 0.380. The Bertz CT molecular complexity index is 107. The summed E-state index contributed by atoms with van der Waals surface area (Å²) >= 11 is 2.17. The molecule has 0 aromatic carbocycles. The quantitative estimate of drug-likeness (QED) is 0.459. The van der Waals surface area contributed by atoms with E-state index in [0.29, 0.717) is 25.4 Å². The summed E-state index contributed by atoms with van der Waals surface area (Å²) in [4.78, 5) is 0. The molecule has 0 amide bonds. The summed E-state index contributed by atoms with van der Waals surface area (Å²) in [6.45, 7) is 1.41. The van der Waals surface area contributed by atoms with Crippen molar-refractivity contribution in [2.75, 3.05) is 17.8 Å². The van der Waals surface area contributed by atoms with Crippen LogP contribution in [0.15, 0.2) is 0 Å². The Morgan fingerprint density at radius 2 is 2.09 bits per heavy atom. The molecule has 0 atom stereocenters. The van der Waals surface area contributed by atoms with Crippen LogP contribution in [0.3, 0.4) is 0 Å². The standard InChI is InChI=1S/C7H14INO2/c8-5-10-1-2-11-7-3-6(9)4-7/h6-7H,1-5,9H2. The Hall–Kier alpha value is 0.610. The highest BCUT2D eigenvalue weighted by molar-refractivity contribution is 14.1. The molecular weight excluding hydrogens is 257 g/mol. The molecule has 0 spiro atoms. The van der Waals surface area contributed by atoms with Crippen molar-refractivity contribution in [3.63, 3.8) is 0 Å². The normalized spacial score (nSPS) is 30.0. The number of hydrogen-bond donors (Lipinski definition) is 1. The fraction of sp³-hybridized carbons (Fsp3) is 1.00. The number of ether oxygens (including phenoxy) is 2. The van der Waals surface area contributed by atoms with Crippen LogP contribution in [-0.4, -0.2) is 30.0 Å². The average molecular weight is 271 g/mol. The van der Waals surface area contributed by atoms with Gasteiger partial charge in [0.25, 0.3) is 0 Å². The summed E-state index contributed by atoms with van der Waals surface area (Å²) in [5.74, 6) is 0. The van der Waals surface area contributed by atoms with E-state index in [-0.39, 0.29) is 0 Å². The highest BCUT2D eigenvalue weighted by atomic mass is 127. The molecule has 1 rings (SSSR count). The van der Waals surface area contributed by atoms with Gasteiger partial charge >= 0.3 is 0 Å². The molecule has 3 nitrogen and oxygen atoms in total. The molecule has 0 aliphatic heterocycles. The van der Waals surface area contributed by atoms with Crippen molar-refractivity contribution in [3.05, 3.63) is 0 Å². The second-order valence-corrected chi connectivity index (χ2v) is 3.36. The van der Waals surface area contributed by atoms with Crippen molar-refractivity contribution < 1.29 is 9.47 Å². The van der Waals surface area contributed by atoms with E-state index >= 15 is 0 Å². The third-order valence-corrected chi connectivity index (χ3v) is 2.23. The van der Waals surface area contributed by atoms with Crippen molar-refractivity contribution >= 4 is 22.6 Å². The minimum absolute atomic E-state index is 0.380. The molecular formula is C7H14INO2. The van der Waals surface area contributed by atoms with Crippen molar-refractivity contribution in [1.82, 2.24) is 0 Å². The first kappa shape index (κ1) is 9.70. The fourth-order valence-corrected chi connectivity index (χ4v) is 1.38. The van der Waals surface area contributed by atoms with Gasteiger partial charge < -0.3 is 15.2 Å². The summed E-state index contributed by atoms with van der Waals surface area (Å²) in [6.07, 6.45) is 2.44. The van der Waals surface area contributed by atoms with Crippen LogP contribution < -0.4 is 5.73 Å². The first-order valence-electron chi connectivity index (χ1n) is 3.84. The molecule has 0 unspecified atom stereocenters.